The molecule has 6 nitrogen and oxygen atoms in total. The molecule has 108 valence electrons. The molecule has 0 spiro atoms. The number of anilines is 1. The van der Waals surface area contributed by atoms with Gasteiger partial charge in [0.1, 0.15) is 5.69 Å². The van der Waals surface area contributed by atoms with Crippen molar-refractivity contribution in [2.75, 3.05) is 12.3 Å². The third-order valence-corrected chi connectivity index (χ3v) is 3.87. The average Bonchev–Trinajstić information content (AvgIpc) is 3.11. The highest BCUT2D eigenvalue weighted by Gasteiger charge is 2.09. The van der Waals surface area contributed by atoms with Crippen LogP contribution in [0.3, 0.4) is 0 Å². The normalized spacial score (nSPS) is 10.7. The molecule has 0 saturated heterocycles. The molecule has 0 atom stereocenters. The van der Waals surface area contributed by atoms with Crippen LogP contribution in [-0.2, 0) is 13.5 Å². The first-order chi connectivity index (χ1) is 10.2. The summed E-state index contributed by atoms with van der Waals surface area (Å²) in [5.41, 5.74) is 7.40. The number of ether oxygens (including phenoxy) is 1. The third kappa shape index (κ3) is 3.19. The van der Waals surface area contributed by atoms with E-state index < -0.39 is 0 Å². The van der Waals surface area contributed by atoms with E-state index in [1.807, 2.05) is 19.3 Å². The lowest BCUT2D eigenvalue weighted by Gasteiger charge is -2.06. The van der Waals surface area contributed by atoms with Crippen LogP contribution in [-0.4, -0.2) is 26.4 Å². The zero-order chi connectivity index (χ0) is 14.7. The number of nitrogens with two attached hydrogens (primary N) is 1. The van der Waals surface area contributed by atoms with Gasteiger partial charge in [0, 0.05) is 30.1 Å². The molecule has 3 rings (SSSR count). The smallest absolute Gasteiger partial charge is 0.234 e. The Labute approximate surface area is 126 Å². The van der Waals surface area contributed by atoms with Crippen molar-refractivity contribution in [2.45, 2.75) is 6.42 Å². The van der Waals surface area contributed by atoms with E-state index in [1.165, 1.54) is 4.88 Å². The van der Waals surface area contributed by atoms with Gasteiger partial charge in [0.15, 0.2) is 5.82 Å². The predicted octanol–water partition coefficient (Wildman–Crippen LogP) is 2.14. The quantitative estimate of drug-likeness (QED) is 0.781. The Morgan fingerprint density at radius 3 is 2.95 bits per heavy atom. The molecule has 0 amide bonds. The number of thiophene rings is 1. The Morgan fingerprint density at radius 2 is 2.29 bits per heavy atom. The number of aryl methyl sites for hydroxylation is 1. The molecular weight excluding hydrogens is 286 g/mol. The van der Waals surface area contributed by atoms with Gasteiger partial charge in [0.25, 0.3) is 0 Å². The zero-order valence-electron chi connectivity index (χ0n) is 11.6. The van der Waals surface area contributed by atoms with E-state index in [0.717, 1.165) is 12.0 Å². The first-order valence-electron chi connectivity index (χ1n) is 6.49. The maximum atomic E-state index is 5.94. The second kappa shape index (κ2) is 5.92. The van der Waals surface area contributed by atoms with Gasteiger partial charge in [0.2, 0.25) is 5.88 Å². The van der Waals surface area contributed by atoms with E-state index in [2.05, 4.69) is 26.5 Å². The molecule has 0 radical (unpaired) electrons. The molecule has 0 fully saturated rings. The van der Waals surface area contributed by atoms with Gasteiger partial charge in [-0.3, -0.25) is 4.68 Å². The minimum Gasteiger partial charge on any atom is -0.476 e. The topological polar surface area (TPSA) is 78.8 Å². The molecule has 3 aromatic heterocycles. The van der Waals surface area contributed by atoms with Crippen molar-refractivity contribution in [3.05, 3.63) is 41.0 Å². The first kappa shape index (κ1) is 13.6. The Morgan fingerprint density at radius 1 is 1.38 bits per heavy atom. The van der Waals surface area contributed by atoms with E-state index in [4.69, 9.17) is 10.5 Å². The summed E-state index contributed by atoms with van der Waals surface area (Å²) >= 11 is 1.71. The van der Waals surface area contributed by atoms with Crippen LogP contribution in [0, 0.1) is 0 Å². The minimum atomic E-state index is 0.344. The number of aromatic nitrogens is 4. The standard InChI is InChI=1S/C14H15N5OS/c1-19-9-10(7-17-19)13-14(15)18-12(8-16-13)20-5-4-11-3-2-6-21-11/h2-3,6-9H,4-5H2,1H3,(H2,15,18). The Bertz CT molecular complexity index is 723. The second-order valence-electron chi connectivity index (χ2n) is 4.52. The molecule has 3 heterocycles. The van der Waals surface area contributed by atoms with Gasteiger partial charge in [0.05, 0.1) is 19.0 Å². The summed E-state index contributed by atoms with van der Waals surface area (Å²) < 4.78 is 7.28. The van der Waals surface area contributed by atoms with E-state index in [9.17, 15) is 0 Å². The maximum absolute atomic E-state index is 5.94. The van der Waals surface area contributed by atoms with Crippen LogP contribution in [0.4, 0.5) is 5.82 Å². The fourth-order valence-corrected chi connectivity index (χ4v) is 2.62. The molecule has 0 bridgehead atoms. The zero-order valence-corrected chi connectivity index (χ0v) is 12.4. The molecule has 0 aromatic carbocycles. The monoisotopic (exact) mass is 301 g/mol. The highest BCUT2D eigenvalue weighted by atomic mass is 32.1. The van der Waals surface area contributed by atoms with Crippen molar-refractivity contribution in [3.8, 4) is 17.1 Å². The van der Waals surface area contributed by atoms with Crippen molar-refractivity contribution >= 4 is 17.2 Å². The predicted molar refractivity (Wildman–Crippen MR) is 82.2 cm³/mol. The Kier molecular flexibility index (Phi) is 3.83. The van der Waals surface area contributed by atoms with Gasteiger partial charge < -0.3 is 10.5 Å². The molecule has 21 heavy (non-hydrogen) atoms. The van der Waals surface area contributed by atoms with Gasteiger partial charge in [-0.15, -0.1) is 11.3 Å². The summed E-state index contributed by atoms with van der Waals surface area (Å²) in [6, 6.07) is 4.11. The number of hydrogen-bond donors (Lipinski definition) is 1. The molecule has 3 aromatic rings. The summed E-state index contributed by atoms with van der Waals surface area (Å²) in [6.45, 7) is 0.556. The average molecular weight is 301 g/mol. The fourth-order valence-electron chi connectivity index (χ4n) is 1.93. The lowest BCUT2D eigenvalue weighted by Crippen LogP contribution is -2.04. The lowest BCUT2D eigenvalue weighted by atomic mass is 10.2. The fraction of sp³-hybridized carbons (Fsp3) is 0.214. The molecule has 2 N–H and O–H groups in total. The molecule has 0 aliphatic rings. The van der Waals surface area contributed by atoms with E-state index in [0.29, 0.717) is 24.0 Å². The van der Waals surface area contributed by atoms with Crippen molar-refractivity contribution in [1.82, 2.24) is 19.7 Å². The van der Waals surface area contributed by atoms with Crippen LogP contribution >= 0.6 is 11.3 Å². The van der Waals surface area contributed by atoms with Gasteiger partial charge >= 0.3 is 0 Å². The first-order valence-corrected chi connectivity index (χ1v) is 7.37. The van der Waals surface area contributed by atoms with Gasteiger partial charge in [-0.1, -0.05) is 6.07 Å². The Balaban J connectivity index is 1.66. The molecular formula is C14H15N5OS. The molecule has 0 aliphatic carbocycles. The number of nitrogens with zero attached hydrogens (tertiary/aromatic N) is 4. The van der Waals surface area contributed by atoms with Gasteiger partial charge in [-0.2, -0.15) is 10.1 Å². The van der Waals surface area contributed by atoms with E-state index >= 15 is 0 Å². The summed E-state index contributed by atoms with van der Waals surface area (Å²) in [5.74, 6) is 0.785. The maximum Gasteiger partial charge on any atom is 0.234 e. The van der Waals surface area contributed by atoms with Crippen LogP contribution < -0.4 is 10.5 Å². The third-order valence-electron chi connectivity index (χ3n) is 2.93. The van der Waals surface area contributed by atoms with Crippen LogP contribution in [0.2, 0.25) is 0 Å². The number of rotatable bonds is 5. The van der Waals surface area contributed by atoms with Gasteiger partial charge in [-0.05, 0) is 11.4 Å². The van der Waals surface area contributed by atoms with Crippen LogP contribution in [0.1, 0.15) is 4.88 Å². The second-order valence-corrected chi connectivity index (χ2v) is 5.55. The largest absolute Gasteiger partial charge is 0.476 e. The van der Waals surface area contributed by atoms with E-state index in [-0.39, 0.29) is 0 Å². The van der Waals surface area contributed by atoms with Crippen LogP contribution in [0.15, 0.2) is 36.1 Å². The van der Waals surface area contributed by atoms with Crippen molar-refractivity contribution in [2.24, 2.45) is 7.05 Å². The minimum absolute atomic E-state index is 0.344. The highest BCUT2D eigenvalue weighted by Crippen LogP contribution is 2.23. The van der Waals surface area contributed by atoms with Crippen LogP contribution in [0.5, 0.6) is 5.88 Å². The molecule has 0 saturated carbocycles. The summed E-state index contributed by atoms with van der Waals surface area (Å²) in [4.78, 5) is 9.83. The van der Waals surface area contributed by atoms with Crippen molar-refractivity contribution < 1.29 is 4.74 Å². The molecule has 7 heteroatoms. The summed E-state index contributed by atoms with van der Waals surface area (Å²) in [7, 11) is 1.84. The molecule has 0 unspecified atom stereocenters. The lowest BCUT2D eigenvalue weighted by molar-refractivity contribution is 0.309. The number of hydrogen-bond acceptors (Lipinski definition) is 6. The highest BCUT2D eigenvalue weighted by molar-refractivity contribution is 7.09. The van der Waals surface area contributed by atoms with E-state index in [1.54, 1.807) is 28.4 Å². The Hall–Kier alpha value is -2.41. The van der Waals surface area contributed by atoms with Crippen molar-refractivity contribution in [3.63, 3.8) is 0 Å². The summed E-state index contributed by atoms with van der Waals surface area (Å²) in [6.07, 6.45) is 5.99. The van der Waals surface area contributed by atoms with Crippen LogP contribution in [0.25, 0.3) is 11.3 Å². The van der Waals surface area contributed by atoms with Crippen molar-refractivity contribution in [1.29, 1.82) is 0 Å². The number of nitrogen functional groups attached to an aromatic ring is 1. The van der Waals surface area contributed by atoms with Gasteiger partial charge in [-0.25, -0.2) is 4.98 Å². The SMILES string of the molecule is Cn1cc(-c2ncc(OCCc3cccs3)nc2N)cn1. The molecule has 0 aliphatic heterocycles. The summed E-state index contributed by atoms with van der Waals surface area (Å²) in [5, 5.41) is 6.15.